The second-order valence-electron chi connectivity index (χ2n) is 7.80. The van der Waals surface area contributed by atoms with E-state index in [2.05, 4.69) is 5.32 Å². The molecule has 1 aromatic rings. The van der Waals surface area contributed by atoms with Crippen LogP contribution in [0.25, 0.3) is 0 Å². The van der Waals surface area contributed by atoms with Gasteiger partial charge in [0.05, 0.1) is 0 Å². The van der Waals surface area contributed by atoms with Crippen LogP contribution in [-0.4, -0.2) is 30.3 Å². The fourth-order valence-corrected chi connectivity index (χ4v) is 4.94. The van der Waals surface area contributed by atoms with Crippen LogP contribution in [0.5, 0.6) is 0 Å². The Kier molecular flexibility index (Phi) is 4.11. The molecule has 130 valence electrons. The maximum atomic E-state index is 12.5. The van der Waals surface area contributed by atoms with E-state index < -0.39 is 24.4 Å². The Morgan fingerprint density at radius 3 is 2.42 bits per heavy atom. The summed E-state index contributed by atoms with van der Waals surface area (Å²) in [6.45, 7) is 3.67. The van der Waals surface area contributed by atoms with E-state index in [1.807, 2.05) is 24.3 Å². The molecule has 0 saturated heterocycles. The summed E-state index contributed by atoms with van der Waals surface area (Å²) >= 11 is 0. The van der Waals surface area contributed by atoms with Crippen molar-refractivity contribution in [2.24, 2.45) is 10.8 Å². The number of aliphatic carboxylic acids is 1. The van der Waals surface area contributed by atoms with Gasteiger partial charge in [0, 0.05) is 11.8 Å². The summed E-state index contributed by atoms with van der Waals surface area (Å²) in [5, 5.41) is 13.1. The molecule has 1 aromatic carbocycles. The molecule has 24 heavy (non-hydrogen) atoms. The van der Waals surface area contributed by atoms with Crippen LogP contribution in [0.15, 0.2) is 24.3 Å². The molecule has 2 fully saturated rings. The van der Waals surface area contributed by atoms with Crippen LogP contribution in [0.2, 0.25) is 0 Å². The van der Waals surface area contributed by atoms with Crippen molar-refractivity contribution in [2.75, 3.05) is 13.3 Å². The third kappa shape index (κ3) is 2.90. The number of hydrogen-bond donors (Lipinski definition) is 2. The zero-order valence-corrected chi connectivity index (χ0v) is 15.1. The Bertz CT molecular complexity index is 724. The molecule has 0 aromatic heterocycles. The summed E-state index contributed by atoms with van der Waals surface area (Å²) in [6, 6.07) is 7.30. The van der Waals surface area contributed by atoms with Crippen LogP contribution in [0, 0.1) is 10.8 Å². The van der Waals surface area contributed by atoms with Gasteiger partial charge >= 0.3 is 5.97 Å². The minimum Gasteiger partial charge on any atom is -0.480 e. The number of carboxylic acid groups (broad SMARTS) is 1. The molecule has 5 nitrogen and oxygen atoms in total. The number of carboxylic acids is 1. The summed E-state index contributed by atoms with van der Waals surface area (Å²) < 4.78 is 12.2. The number of nitrogens with one attached hydrogen (secondary N) is 1. The van der Waals surface area contributed by atoms with Gasteiger partial charge in [-0.15, -0.1) is 0 Å². The van der Waals surface area contributed by atoms with E-state index in [1.54, 1.807) is 13.3 Å². The second kappa shape index (κ2) is 5.73. The zero-order chi connectivity index (χ0) is 17.6. The minimum absolute atomic E-state index is 0.104. The lowest BCUT2D eigenvalue weighted by Gasteiger charge is -2.58. The summed E-state index contributed by atoms with van der Waals surface area (Å²) in [6.07, 6.45) is 4.14. The first-order valence-corrected chi connectivity index (χ1v) is 10.9. The van der Waals surface area contributed by atoms with E-state index in [0.717, 1.165) is 30.1 Å². The van der Waals surface area contributed by atoms with Crippen LogP contribution in [0.1, 0.15) is 37.7 Å². The number of carbonyl (C=O) groups excluding carboxylic acids is 1. The lowest BCUT2D eigenvalue weighted by atomic mass is 9.45. The first-order valence-electron chi connectivity index (χ1n) is 8.33. The number of amides is 1. The molecule has 2 aliphatic carbocycles. The van der Waals surface area contributed by atoms with Gasteiger partial charge in [-0.05, 0) is 56.1 Å². The highest BCUT2D eigenvalue weighted by atomic mass is 31.2. The Balaban J connectivity index is 1.67. The molecule has 2 saturated carbocycles. The predicted octanol–water partition coefficient (Wildman–Crippen LogP) is 2.59. The van der Waals surface area contributed by atoms with E-state index in [0.29, 0.717) is 12.8 Å². The van der Waals surface area contributed by atoms with E-state index in [4.69, 9.17) is 0 Å². The first-order chi connectivity index (χ1) is 11.2. The van der Waals surface area contributed by atoms with E-state index in [-0.39, 0.29) is 12.0 Å². The van der Waals surface area contributed by atoms with Gasteiger partial charge in [-0.1, -0.05) is 24.6 Å². The molecule has 0 radical (unpaired) electrons. The summed E-state index contributed by atoms with van der Waals surface area (Å²) in [4.78, 5) is 24.2. The van der Waals surface area contributed by atoms with E-state index in [1.165, 1.54) is 0 Å². The van der Waals surface area contributed by atoms with E-state index >= 15 is 0 Å². The van der Waals surface area contributed by atoms with Gasteiger partial charge in [-0.2, -0.15) is 0 Å². The molecular formula is C18H24NO4P. The zero-order valence-electron chi connectivity index (χ0n) is 14.2. The van der Waals surface area contributed by atoms with Gasteiger partial charge in [0.2, 0.25) is 5.91 Å². The summed E-state index contributed by atoms with van der Waals surface area (Å²) in [5.41, 5.74) is -0.321. The average molecular weight is 349 g/mol. The summed E-state index contributed by atoms with van der Waals surface area (Å²) in [5.74, 6) is -1.41. The van der Waals surface area contributed by atoms with Crippen molar-refractivity contribution >= 4 is 24.3 Å². The molecule has 6 heteroatoms. The first kappa shape index (κ1) is 17.2. The monoisotopic (exact) mass is 349 g/mol. The van der Waals surface area contributed by atoms with Gasteiger partial charge in [0.25, 0.3) is 0 Å². The van der Waals surface area contributed by atoms with Crippen molar-refractivity contribution in [3.05, 3.63) is 29.8 Å². The standard InChI is InChI=1S/C18H24NO4P/c1-24(2,23)14-6-3-5-13(9-14)10-19-15(20)18(16(21)22)11-17(12-18)7-4-8-17/h3,5-6,9H,4,7-8,10-12H2,1-2H3,(H,19,20)(H,21,22). The highest BCUT2D eigenvalue weighted by molar-refractivity contribution is 7.70. The van der Waals surface area contributed by atoms with Crippen molar-refractivity contribution < 1.29 is 19.3 Å². The highest BCUT2D eigenvalue weighted by Gasteiger charge is 2.64. The van der Waals surface area contributed by atoms with Gasteiger partial charge in [-0.3, -0.25) is 9.59 Å². The molecular weight excluding hydrogens is 325 g/mol. The Morgan fingerprint density at radius 2 is 1.92 bits per heavy atom. The molecule has 0 unspecified atom stereocenters. The van der Waals surface area contributed by atoms with Crippen LogP contribution < -0.4 is 10.6 Å². The fourth-order valence-electron chi connectivity index (χ4n) is 4.02. The fraction of sp³-hybridized carbons (Fsp3) is 0.556. The SMILES string of the molecule is CP(C)(=O)c1cccc(CNC(=O)C2(C(=O)O)CC3(CCC3)C2)c1. The highest BCUT2D eigenvalue weighted by Crippen LogP contribution is 2.64. The largest absolute Gasteiger partial charge is 0.480 e. The topological polar surface area (TPSA) is 83.5 Å². The summed E-state index contributed by atoms with van der Waals surface area (Å²) in [7, 11) is -2.36. The smallest absolute Gasteiger partial charge is 0.319 e. The maximum absolute atomic E-state index is 12.5. The Hall–Kier alpha value is -1.61. The number of benzene rings is 1. The molecule has 0 bridgehead atoms. The van der Waals surface area contributed by atoms with Crippen molar-refractivity contribution in [3.63, 3.8) is 0 Å². The third-order valence-corrected chi connectivity index (χ3v) is 7.12. The number of carbonyl (C=O) groups is 2. The predicted molar refractivity (Wildman–Crippen MR) is 93.0 cm³/mol. The average Bonchev–Trinajstić information content (AvgIpc) is 2.41. The van der Waals surface area contributed by atoms with Gasteiger partial charge in [0.15, 0.2) is 0 Å². The molecule has 1 amide bonds. The molecule has 2 N–H and O–H groups in total. The molecule has 0 heterocycles. The Morgan fingerprint density at radius 1 is 1.25 bits per heavy atom. The number of rotatable bonds is 5. The second-order valence-corrected chi connectivity index (χ2v) is 11.0. The van der Waals surface area contributed by atoms with Crippen LogP contribution in [-0.2, 0) is 20.7 Å². The molecule has 2 aliphatic rings. The molecule has 0 aliphatic heterocycles. The molecule has 0 atom stereocenters. The van der Waals surface area contributed by atoms with Gasteiger partial charge in [0.1, 0.15) is 12.6 Å². The van der Waals surface area contributed by atoms with Crippen LogP contribution in [0.4, 0.5) is 0 Å². The maximum Gasteiger partial charge on any atom is 0.319 e. The molecule has 1 spiro atoms. The lowest BCUT2D eigenvalue weighted by Crippen LogP contribution is -2.61. The number of hydrogen-bond acceptors (Lipinski definition) is 3. The lowest BCUT2D eigenvalue weighted by molar-refractivity contribution is -0.181. The van der Waals surface area contributed by atoms with Crippen LogP contribution in [0.3, 0.4) is 0 Å². The van der Waals surface area contributed by atoms with Crippen molar-refractivity contribution in [2.45, 2.75) is 38.6 Å². The van der Waals surface area contributed by atoms with Crippen molar-refractivity contribution in [1.29, 1.82) is 0 Å². The van der Waals surface area contributed by atoms with Crippen LogP contribution >= 0.6 is 7.14 Å². The van der Waals surface area contributed by atoms with Gasteiger partial charge in [-0.25, -0.2) is 0 Å². The van der Waals surface area contributed by atoms with E-state index in [9.17, 15) is 19.3 Å². The quantitative estimate of drug-likeness (QED) is 0.632. The van der Waals surface area contributed by atoms with Crippen molar-refractivity contribution in [3.8, 4) is 0 Å². The molecule has 3 rings (SSSR count). The Labute approximate surface area is 142 Å². The van der Waals surface area contributed by atoms with Gasteiger partial charge < -0.3 is 15.0 Å². The van der Waals surface area contributed by atoms with Crippen molar-refractivity contribution in [1.82, 2.24) is 5.32 Å². The third-order valence-electron chi connectivity index (χ3n) is 5.60. The normalized spacial score (nSPS) is 20.8. The minimum atomic E-state index is -2.36.